The van der Waals surface area contributed by atoms with Crippen LogP contribution in [0.15, 0.2) is 30.0 Å². The second kappa shape index (κ2) is 7.34. The van der Waals surface area contributed by atoms with Gasteiger partial charge in [-0.1, -0.05) is 18.2 Å². The van der Waals surface area contributed by atoms with E-state index in [0.29, 0.717) is 18.1 Å². The minimum absolute atomic E-state index is 0.298. The van der Waals surface area contributed by atoms with E-state index in [9.17, 15) is 0 Å². The minimum atomic E-state index is 0.298. The number of ether oxygens (including phenoxy) is 1. The number of hydrogen-bond donors (Lipinski definition) is 1. The Bertz CT molecular complexity index is 753. The number of rotatable bonds is 3. The van der Waals surface area contributed by atoms with Crippen molar-refractivity contribution in [3.8, 4) is 0 Å². The van der Waals surface area contributed by atoms with Gasteiger partial charge in [-0.3, -0.25) is 4.90 Å². The average Bonchev–Trinajstić information content (AvgIpc) is 3.21. The summed E-state index contributed by atoms with van der Waals surface area (Å²) in [6.45, 7) is 9.20. The fourth-order valence-corrected chi connectivity index (χ4v) is 4.66. The maximum absolute atomic E-state index is 5.87. The van der Waals surface area contributed by atoms with E-state index in [2.05, 4.69) is 45.3 Å². The summed E-state index contributed by atoms with van der Waals surface area (Å²) in [5.74, 6) is 1.50. The smallest absolute Gasteiger partial charge is 0.225 e. The molecule has 0 aromatic carbocycles. The summed E-state index contributed by atoms with van der Waals surface area (Å²) in [5.41, 5.74) is 3.88. The topological polar surface area (TPSA) is 53.5 Å². The van der Waals surface area contributed by atoms with Crippen molar-refractivity contribution in [3.63, 3.8) is 0 Å². The van der Waals surface area contributed by atoms with Crippen LogP contribution in [0.2, 0.25) is 0 Å². The molecule has 0 radical (unpaired) electrons. The van der Waals surface area contributed by atoms with Crippen molar-refractivity contribution in [2.75, 3.05) is 44.2 Å². The molecule has 1 aliphatic carbocycles. The van der Waals surface area contributed by atoms with Crippen LogP contribution in [0.1, 0.15) is 24.6 Å². The predicted octanol–water partition coefficient (Wildman–Crippen LogP) is 1.53. The Balaban J connectivity index is 1.22. The molecule has 6 nitrogen and oxygen atoms in total. The first-order chi connectivity index (χ1) is 13.3. The molecule has 2 saturated heterocycles. The molecule has 0 saturated carbocycles. The summed E-state index contributed by atoms with van der Waals surface area (Å²) < 4.78 is 5.87. The Morgan fingerprint density at radius 1 is 1.26 bits per heavy atom. The van der Waals surface area contributed by atoms with Crippen molar-refractivity contribution in [1.29, 1.82) is 0 Å². The molecule has 4 heterocycles. The van der Waals surface area contributed by atoms with E-state index in [4.69, 9.17) is 9.72 Å². The van der Waals surface area contributed by atoms with Gasteiger partial charge in [0.05, 0.1) is 11.8 Å². The number of anilines is 1. The fourth-order valence-electron chi connectivity index (χ4n) is 4.66. The lowest BCUT2D eigenvalue weighted by atomic mass is 9.90. The Kier molecular flexibility index (Phi) is 4.71. The van der Waals surface area contributed by atoms with Gasteiger partial charge in [-0.15, -0.1) is 0 Å². The number of nitrogens with one attached hydrogen (secondary N) is 1. The summed E-state index contributed by atoms with van der Waals surface area (Å²) in [5, 5.41) is 3.38. The summed E-state index contributed by atoms with van der Waals surface area (Å²) in [4.78, 5) is 14.4. The van der Waals surface area contributed by atoms with Gasteiger partial charge in [-0.25, -0.2) is 9.97 Å². The molecule has 6 heteroatoms. The second-order valence-electron chi connectivity index (χ2n) is 8.08. The molecule has 3 aliphatic heterocycles. The maximum atomic E-state index is 5.87. The van der Waals surface area contributed by atoms with Crippen LogP contribution in [-0.2, 0) is 17.7 Å². The quantitative estimate of drug-likeness (QED) is 0.875. The first-order valence-electron chi connectivity index (χ1n) is 10.3. The maximum Gasteiger partial charge on any atom is 0.225 e. The van der Waals surface area contributed by atoms with Crippen LogP contribution in [0, 0.1) is 5.92 Å². The van der Waals surface area contributed by atoms with Crippen LogP contribution in [0.5, 0.6) is 0 Å². The van der Waals surface area contributed by atoms with Crippen molar-refractivity contribution >= 4 is 5.95 Å². The SMILES string of the molecule is CC(C1=CC2OCCC2C=C1)N1CCN(c2ncc3c(n2)CCNC3)CC1. The largest absolute Gasteiger partial charge is 0.373 e. The van der Waals surface area contributed by atoms with Crippen LogP contribution < -0.4 is 10.2 Å². The van der Waals surface area contributed by atoms with Gasteiger partial charge in [0.15, 0.2) is 0 Å². The van der Waals surface area contributed by atoms with Crippen molar-refractivity contribution in [2.24, 2.45) is 5.92 Å². The molecule has 3 unspecified atom stereocenters. The summed E-state index contributed by atoms with van der Waals surface area (Å²) in [6, 6.07) is 0.434. The molecule has 144 valence electrons. The number of aromatic nitrogens is 2. The molecule has 5 rings (SSSR count). The van der Waals surface area contributed by atoms with Crippen molar-refractivity contribution < 1.29 is 4.74 Å². The van der Waals surface area contributed by atoms with E-state index in [1.54, 1.807) is 0 Å². The van der Waals surface area contributed by atoms with E-state index in [1.807, 2.05) is 6.20 Å². The van der Waals surface area contributed by atoms with Gasteiger partial charge in [0, 0.05) is 76.0 Å². The average molecular weight is 367 g/mol. The van der Waals surface area contributed by atoms with E-state index in [1.165, 1.54) is 16.8 Å². The zero-order chi connectivity index (χ0) is 18.2. The molecule has 1 N–H and O–H groups in total. The van der Waals surface area contributed by atoms with Gasteiger partial charge >= 0.3 is 0 Å². The zero-order valence-electron chi connectivity index (χ0n) is 16.1. The summed E-state index contributed by atoms with van der Waals surface area (Å²) in [7, 11) is 0. The lowest BCUT2D eigenvalue weighted by Crippen LogP contribution is -2.50. The van der Waals surface area contributed by atoms with Gasteiger partial charge in [-0.05, 0) is 18.9 Å². The predicted molar refractivity (Wildman–Crippen MR) is 106 cm³/mol. The Morgan fingerprint density at radius 3 is 3.04 bits per heavy atom. The normalized spacial score (nSPS) is 29.2. The number of nitrogens with zero attached hydrogens (tertiary/aromatic N) is 4. The third-order valence-electron chi connectivity index (χ3n) is 6.50. The third-order valence-corrected chi connectivity index (χ3v) is 6.50. The van der Waals surface area contributed by atoms with Crippen LogP contribution in [0.25, 0.3) is 0 Å². The van der Waals surface area contributed by atoms with Gasteiger partial charge in [0.25, 0.3) is 0 Å². The van der Waals surface area contributed by atoms with Crippen LogP contribution in [-0.4, -0.2) is 66.3 Å². The standard InChI is InChI=1S/C21H29N5O/c1-15(17-3-2-16-5-11-27-20(16)12-17)25-7-9-26(10-8-25)21-23-14-18-13-22-6-4-19(18)24-21/h2-3,12,14-16,20,22H,4-11,13H2,1H3. The monoisotopic (exact) mass is 367 g/mol. The molecule has 1 aromatic rings. The highest BCUT2D eigenvalue weighted by Crippen LogP contribution is 2.30. The Labute approximate surface area is 161 Å². The van der Waals surface area contributed by atoms with Crippen molar-refractivity contribution in [2.45, 2.75) is 38.5 Å². The van der Waals surface area contributed by atoms with Crippen molar-refractivity contribution in [1.82, 2.24) is 20.2 Å². The first kappa shape index (κ1) is 17.3. The highest BCUT2D eigenvalue weighted by molar-refractivity contribution is 5.36. The molecule has 1 aromatic heterocycles. The Morgan fingerprint density at radius 2 is 2.15 bits per heavy atom. The minimum Gasteiger partial charge on any atom is -0.373 e. The van der Waals surface area contributed by atoms with E-state index in [-0.39, 0.29) is 0 Å². The second-order valence-corrected chi connectivity index (χ2v) is 8.08. The zero-order valence-corrected chi connectivity index (χ0v) is 16.1. The molecule has 2 fully saturated rings. The number of fused-ring (bicyclic) bond motifs is 2. The molecule has 0 amide bonds. The number of piperazine rings is 1. The molecule has 0 bridgehead atoms. The molecule has 4 aliphatic rings. The Hall–Kier alpha value is -1.76. The van der Waals surface area contributed by atoms with Crippen LogP contribution in [0.3, 0.4) is 0 Å². The lowest BCUT2D eigenvalue weighted by molar-refractivity contribution is 0.132. The van der Waals surface area contributed by atoms with Gasteiger partial charge in [0.1, 0.15) is 0 Å². The lowest BCUT2D eigenvalue weighted by Gasteiger charge is -2.39. The van der Waals surface area contributed by atoms with E-state index in [0.717, 1.165) is 64.7 Å². The van der Waals surface area contributed by atoms with Gasteiger partial charge < -0.3 is 15.0 Å². The van der Waals surface area contributed by atoms with E-state index < -0.39 is 0 Å². The summed E-state index contributed by atoms with van der Waals surface area (Å²) in [6.07, 6.45) is 11.5. The van der Waals surface area contributed by atoms with Gasteiger partial charge in [-0.2, -0.15) is 0 Å². The number of hydrogen-bond acceptors (Lipinski definition) is 6. The van der Waals surface area contributed by atoms with Crippen LogP contribution >= 0.6 is 0 Å². The van der Waals surface area contributed by atoms with Crippen molar-refractivity contribution in [3.05, 3.63) is 41.3 Å². The molecule has 0 spiro atoms. The molecule has 3 atom stereocenters. The fraction of sp³-hybridized carbons (Fsp3) is 0.619. The molecular formula is C21H29N5O. The molecular weight excluding hydrogens is 338 g/mol. The van der Waals surface area contributed by atoms with Gasteiger partial charge in [0.2, 0.25) is 5.95 Å². The highest BCUT2D eigenvalue weighted by atomic mass is 16.5. The highest BCUT2D eigenvalue weighted by Gasteiger charge is 2.30. The van der Waals surface area contributed by atoms with Crippen LogP contribution in [0.4, 0.5) is 5.95 Å². The molecule has 27 heavy (non-hydrogen) atoms. The third kappa shape index (κ3) is 3.42. The first-order valence-corrected chi connectivity index (χ1v) is 10.3. The van der Waals surface area contributed by atoms with E-state index >= 15 is 0 Å². The summed E-state index contributed by atoms with van der Waals surface area (Å²) >= 11 is 0.